The Morgan fingerprint density at radius 3 is 2.43 bits per heavy atom. The van der Waals surface area contributed by atoms with E-state index in [2.05, 4.69) is 86.0 Å². The maximum absolute atomic E-state index is 12.2. The molecule has 250 valence electrons. The van der Waals surface area contributed by atoms with Crippen LogP contribution >= 0.6 is 15.9 Å². The number of pyridine rings is 1. The molecule has 6 rings (SSSR count). The first-order valence-electron chi connectivity index (χ1n) is 15.7. The fourth-order valence-corrected chi connectivity index (χ4v) is 7.00. The third kappa shape index (κ3) is 7.66. The van der Waals surface area contributed by atoms with Gasteiger partial charge in [0.15, 0.2) is 0 Å². The predicted octanol–water partition coefficient (Wildman–Crippen LogP) is 4.22. The van der Waals surface area contributed by atoms with Gasteiger partial charge in [-0.2, -0.15) is 9.97 Å². The largest absolute Gasteiger partial charge is 0.479 e. The molecule has 2 aliphatic heterocycles. The van der Waals surface area contributed by atoms with Crippen molar-refractivity contribution in [3.05, 3.63) is 46.8 Å². The number of halogens is 1. The van der Waals surface area contributed by atoms with Crippen LogP contribution in [-0.2, 0) is 16.4 Å². The molecule has 0 spiro atoms. The van der Waals surface area contributed by atoms with Crippen molar-refractivity contribution < 1.29 is 13.2 Å². The van der Waals surface area contributed by atoms with E-state index in [0.29, 0.717) is 50.6 Å². The summed E-state index contributed by atoms with van der Waals surface area (Å²) in [6, 6.07) is 6.15. The quantitative estimate of drug-likeness (QED) is 0.214. The van der Waals surface area contributed by atoms with Gasteiger partial charge in [0.05, 0.1) is 34.7 Å². The number of benzene rings is 1. The molecule has 2 aliphatic rings. The van der Waals surface area contributed by atoms with Crippen molar-refractivity contribution in [3.8, 4) is 5.88 Å². The molecular weight excluding hydrogens is 686 g/mol. The molecule has 0 bridgehead atoms. The highest BCUT2D eigenvalue weighted by Gasteiger charge is 2.28. The van der Waals surface area contributed by atoms with Gasteiger partial charge < -0.3 is 25.2 Å². The number of piperidine rings is 1. The van der Waals surface area contributed by atoms with E-state index in [1.54, 1.807) is 31.6 Å². The van der Waals surface area contributed by atoms with E-state index < -0.39 is 10.0 Å². The van der Waals surface area contributed by atoms with Crippen LogP contribution < -0.4 is 25.0 Å². The maximum atomic E-state index is 12.2. The van der Waals surface area contributed by atoms with Gasteiger partial charge in [-0.15, -0.1) is 0 Å². The molecule has 0 atom stereocenters. The van der Waals surface area contributed by atoms with E-state index in [0.717, 1.165) is 76.2 Å². The van der Waals surface area contributed by atoms with Gasteiger partial charge in [-0.3, -0.25) is 19.6 Å². The van der Waals surface area contributed by atoms with E-state index in [9.17, 15) is 8.42 Å². The van der Waals surface area contributed by atoms with Gasteiger partial charge in [0.2, 0.25) is 21.9 Å². The van der Waals surface area contributed by atoms with Crippen molar-refractivity contribution in [1.29, 1.82) is 0 Å². The second-order valence-electron chi connectivity index (χ2n) is 11.9. The molecule has 14 nitrogen and oxygen atoms in total. The van der Waals surface area contributed by atoms with Gasteiger partial charge >= 0.3 is 0 Å². The monoisotopic (exact) mass is 725 g/mol. The lowest BCUT2D eigenvalue weighted by atomic mass is 10.0. The predicted molar refractivity (Wildman–Crippen MR) is 189 cm³/mol. The van der Waals surface area contributed by atoms with Crippen molar-refractivity contribution in [3.63, 3.8) is 0 Å². The van der Waals surface area contributed by atoms with Crippen LogP contribution in [-0.4, -0.2) is 109 Å². The molecule has 0 saturated carbocycles. The minimum Gasteiger partial charge on any atom is -0.479 e. The fraction of sp³-hybridized carbons (Fsp3) is 0.452. The van der Waals surface area contributed by atoms with Crippen LogP contribution in [0.1, 0.15) is 25.3 Å². The van der Waals surface area contributed by atoms with Crippen LogP contribution in [0.5, 0.6) is 5.88 Å². The Labute approximate surface area is 283 Å². The van der Waals surface area contributed by atoms with Gasteiger partial charge in [0.25, 0.3) is 0 Å². The van der Waals surface area contributed by atoms with Crippen LogP contribution in [0.25, 0.3) is 11.0 Å². The van der Waals surface area contributed by atoms with Crippen molar-refractivity contribution >= 4 is 71.6 Å². The highest BCUT2D eigenvalue weighted by atomic mass is 79.9. The number of nitrogens with zero attached hydrogens (tertiary/aromatic N) is 8. The second-order valence-corrected chi connectivity index (χ2v) is 14.5. The number of hydrogen-bond acceptors (Lipinski definition) is 13. The smallest absolute Gasteiger partial charge is 0.239 e. The van der Waals surface area contributed by atoms with E-state index in [-0.39, 0.29) is 5.69 Å². The molecule has 2 saturated heterocycles. The van der Waals surface area contributed by atoms with Crippen LogP contribution in [0.3, 0.4) is 0 Å². The summed E-state index contributed by atoms with van der Waals surface area (Å²) in [5, 5.41) is 6.51. The average Bonchev–Trinajstić information content (AvgIpc) is 3.07. The summed E-state index contributed by atoms with van der Waals surface area (Å²) in [4.78, 5) is 30.2. The third-order valence-electron chi connectivity index (χ3n) is 8.61. The van der Waals surface area contributed by atoms with Crippen LogP contribution in [0.15, 0.2) is 41.3 Å². The Morgan fingerprint density at radius 2 is 1.72 bits per heavy atom. The van der Waals surface area contributed by atoms with Gasteiger partial charge in [-0.25, -0.2) is 13.4 Å². The number of aryl methyl sites for hydroxylation is 1. The summed E-state index contributed by atoms with van der Waals surface area (Å²) >= 11 is 3.52. The first-order chi connectivity index (χ1) is 22.6. The third-order valence-corrected chi connectivity index (χ3v) is 9.76. The zero-order chi connectivity index (χ0) is 33.1. The lowest BCUT2D eigenvalue weighted by molar-refractivity contribution is 0.0981. The normalized spacial score (nSPS) is 16.7. The van der Waals surface area contributed by atoms with Crippen molar-refractivity contribution in [2.75, 3.05) is 79.9 Å². The summed E-state index contributed by atoms with van der Waals surface area (Å²) < 4.78 is 33.4. The lowest BCUT2D eigenvalue weighted by Gasteiger charge is -2.42. The second kappa shape index (κ2) is 14.1. The first kappa shape index (κ1) is 33.1. The summed E-state index contributed by atoms with van der Waals surface area (Å²) in [7, 11) is 0.183. The standard InChI is InChI=1S/C31H40BrN11O3S/c1-5-20-18-25(30(46-3)39-29(20)43-12-8-21(9-13-43)42-16-14-41(2)15-17-42)37-31-35-19-22(32)28(38-31)36-24-7-6-23-26(34-11-10-33-23)27(24)40-47(4,44)45/h6-7,10-11,18-19,21,40H,5,8-9,12-17H2,1-4H3,(H2,35,36,37,38). The molecule has 4 aromatic rings. The molecule has 0 aliphatic carbocycles. The number of rotatable bonds is 10. The van der Waals surface area contributed by atoms with Gasteiger partial charge in [0.1, 0.15) is 22.8 Å². The number of aromatic nitrogens is 5. The highest BCUT2D eigenvalue weighted by Crippen LogP contribution is 2.36. The molecule has 0 radical (unpaired) electrons. The van der Waals surface area contributed by atoms with Crippen molar-refractivity contribution in [2.24, 2.45) is 0 Å². The molecule has 1 aromatic carbocycles. The van der Waals surface area contributed by atoms with Crippen LogP contribution in [0.4, 0.5) is 34.6 Å². The number of ether oxygens (including phenoxy) is 1. The van der Waals surface area contributed by atoms with E-state index in [1.165, 1.54) is 6.20 Å². The Bertz CT molecular complexity index is 1850. The molecule has 2 fully saturated rings. The van der Waals surface area contributed by atoms with Gasteiger partial charge in [-0.05, 0) is 66.0 Å². The average molecular weight is 727 g/mol. The maximum Gasteiger partial charge on any atom is 0.239 e. The van der Waals surface area contributed by atoms with E-state index in [1.807, 2.05) is 0 Å². The molecule has 16 heteroatoms. The SMILES string of the molecule is CCc1cc(Nc2ncc(Br)c(Nc3ccc4nccnc4c3NS(C)(=O)=O)n2)c(OC)nc1N1CCC(N2CCN(C)CC2)CC1. The topological polar surface area (TPSA) is 154 Å². The minimum atomic E-state index is -3.62. The number of anilines is 6. The first-order valence-corrected chi connectivity index (χ1v) is 18.3. The van der Waals surface area contributed by atoms with Crippen molar-refractivity contribution in [2.45, 2.75) is 32.2 Å². The Kier molecular flexibility index (Phi) is 9.91. The number of sulfonamides is 1. The Morgan fingerprint density at radius 1 is 0.979 bits per heavy atom. The van der Waals surface area contributed by atoms with Crippen LogP contribution in [0.2, 0.25) is 0 Å². The van der Waals surface area contributed by atoms with E-state index >= 15 is 0 Å². The number of fused-ring (bicyclic) bond motifs is 1. The number of nitrogens with one attached hydrogen (secondary N) is 3. The molecule has 0 amide bonds. The number of likely N-dealkylation sites (N-methyl/N-ethyl adjacent to an activating group) is 1. The molecule has 3 aromatic heterocycles. The zero-order valence-corrected chi connectivity index (χ0v) is 29.4. The molecule has 47 heavy (non-hydrogen) atoms. The summed E-state index contributed by atoms with van der Waals surface area (Å²) in [5.41, 5.74) is 3.41. The van der Waals surface area contributed by atoms with Crippen LogP contribution in [0, 0.1) is 0 Å². The summed E-state index contributed by atoms with van der Waals surface area (Å²) in [6.45, 7) is 8.57. The highest BCUT2D eigenvalue weighted by molar-refractivity contribution is 9.10. The molecule has 0 unspecified atom stereocenters. The molecule has 3 N–H and O–H groups in total. The minimum absolute atomic E-state index is 0.264. The summed E-state index contributed by atoms with van der Waals surface area (Å²) in [5.74, 6) is 2.12. The number of piperazine rings is 1. The number of methoxy groups -OCH3 is 1. The Hall–Kier alpha value is -3.86. The Balaban J connectivity index is 1.22. The van der Waals surface area contributed by atoms with Gasteiger partial charge in [0, 0.05) is 63.9 Å². The van der Waals surface area contributed by atoms with Crippen molar-refractivity contribution in [1.82, 2.24) is 34.7 Å². The fourth-order valence-electron chi connectivity index (χ4n) is 6.13. The summed E-state index contributed by atoms with van der Waals surface area (Å²) in [6.07, 6.45) is 8.79. The molecular formula is C31H40BrN11O3S. The number of hydrogen-bond donors (Lipinski definition) is 3. The zero-order valence-electron chi connectivity index (χ0n) is 27.0. The van der Waals surface area contributed by atoms with E-state index in [4.69, 9.17) is 9.72 Å². The lowest BCUT2D eigenvalue weighted by Crippen LogP contribution is -2.52. The van der Waals surface area contributed by atoms with Gasteiger partial charge in [-0.1, -0.05) is 6.92 Å². The molecule has 5 heterocycles.